The summed E-state index contributed by atoms with van der Waals surface area (Å²) in [5, 5.41) is 0.293. The Labute approximate surface area is 317 Å². The molecule has 0 fully saturated rings. The molecule has 0 atom stereocenters. The van der Waals surface area contributed by atoms with E-state index in [1.807, 2.05) is 24.3 Å². The third-order valence-electron chi connectivity index (χ3n) is 8.97. The van der Waals surface area contributed by atoms with E-state index in [2.05, 4.69) is 4.98 Å². The van der Waals surface area contributed by atoms with Gasteiger partial charge in [0, 0.05) is 38.2 Å². The minimum atomic E-state index is -0.655. The van der Waals surface area contributed by atoms with Gasteiger partial charge in [0.25, 0.3) is 0 Å². The van der Waals surface area contributed by atoms with Crippen LogP contribution in [0.1, 0.15) is 19.2 Å². The summed E-state index contributed by atoms with van der Waals surface area (Å²) in [5.74, 6) is -0.614. The van der Waals surface area contributed by atoms with Crippen molar-refractivity contribution in [2.24, 2.45) is 0 Å². The predicted octanol–water partition coefficient (Wildman–Crippen LogP) is 12.6. The Morgan fingerprint density at radius 1 is 0.404 bits per heavy atom. The molecular weight excluding hydrogens is 639 g/mol. The van der Waals surface area contributed by atoms with Gasteiger partial charge in [-0.25, -0.2) is 15.0 Å². The van der Waals surface area contributed by atoms with Crippen LogP contribution in [-0.2, 0) is 0 Å². The highest BCUT2D eigenvalue weighted by molar-refractivity contribution is 6.13. The SMILES string of the molecule is [2H]c1cc([2H])c2oc3c([2H])c([2H])c(-c4ccc5oc6ccccc6c5c4)c([2H])c3c2c1-c1nc(-c2ccccc2)nc(-c2c([2H])c([2H])c3c(c2[2H])c([2H])c([2H])c2c([2H])c([2H])c([2H])c([2H])c23)n1. The van der Waals surface area contributed by atoms with Crippen molar-refractivity contribution in [2.45, 2.75) is 0 Å². The van der Waals surface area contributed by atoms with E-state index >= 15 is 0 Å². The highest BCUT2D eigenvalue weighted by Gasteiger charge is 2.19. The Morgan fingerprint density at radius 3 is 2.10 bits per heavy atom. The molecule has 0 bridgehead atoms. The summed E-state index contributed by atoms with van der Waals surface area (Å²) < 4.78 is 138. The summed E-state index contributed by atoms with van der Waals surface area (Å²) >= 11 is 0. The van der Waals surface area contributed by atoms with Gasteiger partial charge in [-0.05, 0) is 75.0 Å². The molecule has 5 heteroatoms. The van der Waals surface area contributed by atoms with Crippen LogP contribution < -0.4 is 0 Å². The lowest BCUT2D eigenvalue weighted by atomic mass is 9.99. The number of nitrogens with zero attached hydrogens (tertiary/aromatic N) is 3. The molecule has 0 amide bonds. The average Bonchev–Trinajstić information content (AvgIpc) is 3.90. The van der Waals surface area contributed by atoms with Gasteiger partial charge in [-0.2, -0.15) is 0 Å². The quantitative estimate of drug-likeness (QED) is 0.173. The molecule has 0 aliphatic rings. The molecule has 0 aliphatic carbocycles. The minimum absolute atomic E-state index is 0.00116. The van der Waals surface area contributed by atoms with Crippen molar-refractivity contribution in [2.75, 3.05) is 0 Å². The van der Waals surface area contributed by atoms with Crippen LogP contribution in [0.4, 0.5) is 0 Å². The second-order valence-electron chi connectivity index (χ2n) is 12.0. The Balaban J connectivity index is 1.23. The molecule has 0 saturated carbocycles. The van der Waals surface area contributed by atoms with Gasteiger partial charge >= 0.3 is 0 Å². The molecular formula is C47H27N3O2. The van der Waals surface area contributed by atoms with Crippen molar-refractivity contribution < 1.29 is 28.0 Å². The molecule has 0 aliphatic heterocycles. The summed E-state index contributed by atoms with van der Waals surface area (Å²) in [6.07, 6.45) is 0. The Hall–Kier alpha value is -7.11. The topological polar surface area (TPSA) is 65.0 Å². The second-order valence-corrected chi connectivity index (χ2v) is 12.0. The molecule has 0 spiro atoms. The van der Waals surface area contributed by atoms with Crippen molar-refractivity contribution in [3.8, 4) is 45.3 Å². The van der Waals surface area contributed by atoms with E-state index in [1.165, 1.54) is 6.07 Å². The molecule has 3 heterocycles. The molecule has 0 saturated heterocycles. The third-order valence-corrected chi connectivity index (χ3v) is 8.97. The Morgan fingerprint density at radius 2 is 1.15 bits per heavy atom. The zero-order valence-electron chi connectivity index (χ0n) is 40.7. The maximum absolute atomic E-state index is 9.69. The molecule has 3 aromatic heterocycles. The second kappa shape index (κ2) is 11.2. The van der Waals surface area contributed by atoms with Crippen LogP contribution in [-0.4, -0.2) is 15.0 Å². The molecule has 5 nitrogen and oxygen atoms in total. The Kier molecular flexibility index (Phi) is 3.93. The number of hydrogen-bond acceptors (Lipinski definition) is 5. The molecule has 11 aromatic rings. The standard InChI is InChI=1S/C47H27N3O2/c1-2-10-29(11-3-1)45-48-46(33-19-22-35-32(25-33)18-17-28-9-4-5-12-34(28)35)50-47(49-45)37-14-8-16-43-44(37)39-27-31(21-24-42(39)52-43)30-20-23-41-38(26-30)36-13-6-7-15-40(36)51-41/h1-27H/i4D,5D,9D,12D,14D,16D,17D,18D,19D,21D,22D,24D,25D,27D. The maximum atomic E-state index is 9.69. The normalized spacial score (nSPS) is 15.6. The van der Waals surface area contributed by atoms with E-state index in [4.69, 9.17) is 31.1 Å². The number of furan rings is 2. The van der Waals surface area contributed by atoms with Gasteiger partial charge in [-0.3, -0.25) is 0 Å². The number of hydrogen-bond donors (Lipinski definition) is 0. The number of rotatable bonds is 4. The highest BCUT2D eigenvalue weighted by Crippen LogP contribution is 2.40. The Bertz CT molecular complexity index is 4000. The average molecular weight is 680 g/mol. The van der Waals surface area contributed by atoms with Gasteiger partial charge in [0.2, 0.25) is 0 Å². The molecule has 0 unspecified atom stereocenters. The fourth-order valence-electron chi connectivity index (χ4n) is 6.54. The lowest BCUT2D eigenvalue weighted by Gasteiger charge is -2.10. The van der Waals surface area contributed by atoms with Crippen LogP contribution in [0.15, 0.2) is 172 Å². The van der Waals surface area contributed by atoms with Gasteiger partial charge in [0.15, 0.2) is 17.5 Å². The van der Waals surface area contributed by atoms with Crippen molar-refractivity contribution in [1.29, 1.82) is 0 Å². The van der Waals surface area contributed by atoms with Crippen LogP contribution in [0.3, 0.4) is 0 Å². The van der Waals surface area contributed by atoms with E-state index in [-0.39, 0.29) is 108 Å². The molecule has 11 rings (SSSR count). The molecule has 52 heavy (non-hydrogen) atoms. The molecule has 8 aromatic carbocycles. The first kappa shape index (κ1) is 18.2. The summed E-state index contributed by atoms with van der Waals surface area (Å²) in [5.41, 5.74) is 1.38. The van der Waals surface area contributed by atoms with E-state index in [0.29, 0.717) is 22.3 Å². The van der Waals surface area contributed by atoms with Crippen LogP contribution >= 0.6 is 0 Å². The smallest absolute Gasteiger partial charge is 0.164 e. The number of benzene rings is 8. The first-order valence-corrected chi connectivity index (χ1v) is 16.2. The van der Waals surface area contributed by atoms with E-state index in [1.54, 1.807) is 48.5 Å². The van der Waals surface area contributed by atoms with Gasteiger partial charge < -0.3 is 8.83 Å². The summed E-state index contributed by atoms with van der Waals surface area (Å²) in [6, 6.07) is 15.3. The number of aromatic nitrogens is 3. The lowest BCUT2D eigenvalue weighted by molar-refractivity contribution is 0.668. The van der Waals surface area contributed by atoms with Crippen molar-refractivity contribution in [1.82, 2.24) is 15.0 Å². The van der Waals surface area contributed by atoms with E-state index in [0.717, 1.165) is 10.8 Å². The highest BCUT2D eigenvalue weighted by atomic mass is 16.3. The van der Waals surface area contributed by atoms with E-state index < -0.39 is 54.4 Å². The van der Waals surface area contributed by atoms with Crippen LogP contribution in [0, 0.1) is 0 Å². The third kappa shape index (κ3) is 4.53. The van der Waals surface area contributed by atoms with E-state index in [9.17, 15) is 6.85 Å². The zero-order valence-corrected chi connectivity index (χ0v) is 26.7. The first-order chi connectivity index (χ1) is 31.6. The molecule has 242 valence electrons. The first-order valence-electron chi connectivity index (χ1n) is 23.2. The monoisotopic (exact) mass is 679 g/mol. The molecule has 0 radical (unpaired) electrons. The van der Waals surface area contributed by atoms with Gasteiger partial charge in [-0.15, -0.1) is 0 Å². The van der Waals surface area contributed by atoms with Crippen LogP contribution in [0.2, 0.25) is 0 Å². The summed E-state index contributed by atoms with van der Waals surface area (Å²) in [6.45, 7) is 0. The van der Waals surface area contributed by atoms with Crippen LogP contribution in [0.25, 0.3) is 111 Å². The van der Waals surface area contributed by atoms with Gasteiger partial charge in [-0.1, -0.05) is 121 Å². The fraction of sp³-hybridized carbons (Fsp3) is 0. The summed E-state index contributed by atoms with van der Waals surface area (Å²) in [7, 11) is 0. The summed E-state index contributed by atoms with van der Waals surface area (Å²) in [4.78, 5) is 14.2. The maximum Gasteiger partial charge on any atom is 0.164 e. The fourth-order valence-corrected chi connectivity index (χ4v) is 6.54. The molecule has 0 N–H and O–H groups in total. The zero-order chi connectivity index (χ0) is 46.4. The van der Waals surface area contributed by atoms with Gasteiger partial charge in [0.1, 0.15) is 22.3 Å². The number of fused-ring (bicyclic) bond motifs is 9. The lowest BCUT2D eigenvalue weighted by Crippen LogP contribution is -2.00. The van der Waals surface area contributed by atoms with Crippen molar-refractivity contribution in [3.63, 3.8) is 0 Å². The van der Waals surface area contributed by atoms with Crippen molar-refractivity contribution in [3.05, 3.63) is 163 Å². The number of para-hydroxylation sites is 1. The van der Waals surface area contributed by atoms with Crippen LogP contribution in [0.5, 0.6) is 0 Å². The minimum Gasteiger partial charge on any atom is -0.456 e. The predicted molar refractivity (Wildman–Crippen MR) is 211 cm³/mol. The largest absolute Gasteiger partial charge is 0.456 e. The van der Waals surface area contributed by atoms with Crippen molar-refractivity contribution >= 4 is 65.4 Å². The van der Waals surface area contributed by atoms with Gasteiger partial charge in [0.05, 0.1) is 19.2 Å².